The normalized spacial score (nSPS) is 21.8. The summed E-state index contributed by atoms with van der Waals surface area (Å²) >= 11 is 0. The summed E-state index contributed by atoms with van der Waals surface area (Å²) in [7, 11) is 0. The molecule has 2 heterocycles. The van der Waals surface area contributed by atoms with E-state index < -0.39 is 41.1 Å². The summed E-state index contributed by atoms with van der Waals surface area (Å²) in [5.41, 5.74) is 7.30. The molecule has 1 unspecified atom stereocenters. The summed E-state index contributed by atoms with van der Waals surface area (Å²) in [4.78, 5) is 29.4. The number of nitrogens with one attached hydrogen (secondary N) is 2. The third-order valence-electron chi connectivity index (χ3n) is 6.88. The molecule has 1 aliphatic heterocycles. The number of amides is 3. The van der Waals surface area contributed by atoms with Gasteiger partial charge in [-0.15, -0.1) is 0 Å². The average Bonchev–Trinajstić information content (AvgIpc) is 2.78. The molecule has 8 nitrogen and oxygen atoms in total. The third kappa shape index (κ3) is 4.99. The van der Waals surface area contributed by atoms with E-state index in [1.165, 1.54) is 0 Å². The Kier molecular flexibility index (Phi) is 6.79. The first-order valence-corrected chi connectivity index (χ1v) is 11.6. The Morgan fingerprint density at radius 3 is 2.49 bits per heavy atom. The highest BCUT2D eigenvalue weighted by molar-refractivity contribution is 5.94. The molecule has 1 aromatic heterocycles. The van der Waals surface area contributed by atoms with E-state index in [0.717, 1.165) is 12.1 Å². The topological polar surface area (TPSA) is 127 Å². The highest BCUT2D eigenvalue weighted by Crippen LogP contribution is 2.42. The van der Waals surface area contributed by atoms with Crippen LogP contribution in [0.5, 0.6) is 0 Å². The lowest BCUT2D eigenvalue weighted by atomic mass is 9.69. The number of aryl methyl sites for hydroxylation is 1. The van der Waals surface area contributed by atoms with Gasteiger partial charge in [-0.3, -0.25) is 4.79 Å². The van der Waals surface area contributed by atoms with Crippen molar-refractivity contribution in [3.05, 3.63) is 57.9 Å². The largest absolute Gasteiger partial charge is 0.391 e. The third-order valence-corrected chi connectivity index (χ3v) is 6.88. The first kappa shape index (κ1) is 25.0. The van der Waals surface area contributed by atoms with E-state index in [2.05, 4.69) is 15.6 Å². The van der Waals surface area contributed by atoms with Crippen molar-refractivity contribution >= 4 is 17.6 Å². The molecule has 1 aromatic carbocycles. The molecule has 2 aliphatic rings. The lowest BCUT2D eigenvalue weighted by Gasteiger charge is -2.40. The van der Waals surface area contributed by atoms with Gasteiger partial charge in [-0.2, -0.15) is 0 Å². The number of aliphatic hydroxyl groups is 1. The SMILES string of the molecule is Cc1cc(NC(=O)NC2c3cc(F)c(F)cc3C(C)(C)C[C@H]2O)c(C2CCOCC2)nc1C(N)=O. The summed E-state index contributed by atoms with van der Waals surface area (Å²) in [6, 6.07) is 2.20. The number of urea groups is 1. The van der Waals surface area contributed by atoms with Crippen molar-refractivity contribution in [1.82, 2.24) is 10.3 Å². The second-order valence-corrected chi connectivity index (χ2v) is 9.92. The van der Waals surface area contributed by atoms with Crippen molar-refractivity contribution in [2.24, 2.45) is 5.73 Å². The van der Waals surface area contributed by atoms with Gasteiger partial charge in [0.1, 0.15) is 5.69 Å². The van der Waals surface area contributed by atoms with Gasteiger partial charge >= 0.3 is 6.03 Å². The van der Waals surface area contributed by atoms with Crippen molar-refractivity contribution in [1.29, 1.82) is 0 Å². The molecule has 35 heavy (non-hydrogen) atoms. The number of benzene rings is 1. The molecule has 2 atom stereocenters. The van der Waals surface area contributed by atoms with Gasteiger partial charge in [-0.25, -0.2) is 18.6 Å². The molecule has 4 rings (SSSR count). The number of aromatic nitrogens is 1. The van der Waals surface area contributed by atoms with Gasteiger partial charge in [-0.1, -0.05) is 13.8 Å². The van der Waals surface area contributed by atoms with Gasteiger partial charge in [0.05, 0.1) is 23.5 Å². The molecule has 0 radical (unpaired) electrons. The van der Waals surface area contributed by atoms with Crippen LogP contribution in [0.1, 0.15) is 77.9 Å². The standard InChI is InChI=1S/C25H30F2N4O4/c1-12-8-18(21(30-20(12)23(28)33)13-4-6-35-7-5-13)29-24(34)31-22-14-9-16(26)17(27)10-15(14)25(2,3)11-19(22)32/h8-10,13,19,22,32H,4-7,11H2,1-3H3,(H2,28,33)(H2,29,31,34)/t19-,22?/m1/s1. The maximum absolute atomic E-state index is 14.1. The van der Waals surface area contributed by atoms with E-state index >= 15 is 0 Å². The molecular weight excluding hydrogens is 458 g/mol. The monoisotopic (exact) mass is 488 g/mol. The Morgan fingerprint density at radius 1 is 1.17 bits per heavy atom. The number of halogens is 2. The maximum atomic E-state index is 14.1. The molecule has 10 heteroatoms. The van der Waals surface area contributed by atoms with Crippen LogP contribution in [0.3, 0.4) is 0 Å². The quantitative estimate of drug-likeness (QED) is 0.523. The zero-order valence-corrected chi connectivity index (χ0v) is 20.0. The van der Waals surface area contributed by atoms with Crippen molar-refractivity contribution in [2.45, 2.75) is 63.5 Å². The number of hydrogen-bond donors (Lipinski definition) is 4. The fourth-order valence-electron chi connectivity index (χ4n) is 5.10. The predicted molar refractivity (Wildman–Crippen MR) is 125 cm³/mol. The Balaban J connectivity index is 1.64. The Labute approximate surface area is 202 Å². The molecule has 3 amide bonds. The highest BCUT2D eigenvalue weighted by atomic mass is 19.2. The second kappa shape index (κ2) is 9.50. The maximum Gasteiger partial charge on any atom is 0.319 e. The first-order chi connectivity index (χ1) is 16.5. The number of nitrogens with zero attached hydrogens (tertiary/aromatic N) is 1. The van der Waals surface area contributed by atoms with Crippen LogP contribution in [0.25, 0.3) is 0 Å². The molecule has 0 saturated carbocycles. The van der Waals surface area contributed by atoms with Crippen molar-refractivity contribution in [3.8, 4) is 0 Å². The van der Waals surface area contributed by atoms with Crippen LogP contribution in [0.4, 0.5) is 19.3 Å². The van der Waals surface area contributed by atoms with Crippen molar-refractivity contribution in [3.63, 3.8) is 0 Å². The van der Waals surface area contributed by atoms with Crippen LogP contribution in [0.2, 0.25) is 0 Å². The number of carbonyl (C=O) groups is 2. The molecule has 2 aromatic rings. The Morgan fingerprint density at radius 2 is 1.83 bits per heavy atom. The number of ether oxygens (including phenoxy) is 1. The van der Waals surface area contributed by atoms with Gasteiger partial charge in [0.15, 0.2) is 11.6 Å². The number of aliphatic hydroxyl groups excluding tert-OH is 1. The summed E-state index contributed by atoms with van der Waals surface area (Å²) in [6.45, 7) is 6.39. The lowest BCUT2D eigenvalue weighted by Crippen LogP contribution is -2.45. The molecule has 5 N–H and O–H groups in total. The molecule has 188 valence electrons. The molecule has 0 bridgehead atoms. The fourth-order valence-corrected chi connectivity index (χ4v) is 5.10. The molecule has 1 fully saturated rings. The van der Waals surface area contributed by atoms with Gasteiger partial charge in [0.25, 0.3) is 5.91 Å². The molecular formula is C25H30F2N4O4. The molecule has 1 aliphatic carbocycles. The van der Waals surface area contributed by atoms with Gasteiger partial charge in [0, 0.05) is 19.1 Å². The van der Waals surface area contributed by atoms with E-state index in [0.29, 0.717) is 54.1 Å². The first-order valence-electron chi connectivity index (χ1n) is 11.6. The van der Waals surface area contributed by atoms with Gasteiger partial charge in [-0.05, 0) is 66.5 Å². The molecule has 1 saturated heterocycles. The van der Waals surface area contributed by atoms with Gasteiger partial charge < -0.3 is 26.2 Å². The molecule has 0 spiro atoms. The van der Waals surface area contributed by atoms with E-state index in [4.69, 9.17) is 10.5 Å². The summed E-state index contributed by atoms with van der Waals surface area (Å²) in [5.74, 6) is -2.74. The zero-order chi connectivity index (χ0) is 25.5. The van der Waals surface area contributed by atoms with Crippen molar-refractivity contribution < 1.29 is 28.2 Å². The number of nitrogens with two attached hydrogens (primary N) is 1. The van der Waals surface area contributed by atoms with Crippen LogP contribution in [-0.2, 0) is 10.2 Å². The van der Waals surface area contributed by atoms with E-state index in [-0.39, 0.29) is 18.0 Å². The second-order valence-electron chi connectivity index (χ2n) is 9.92. The van der Waals surface area contributed by atoms with Crippen LogP contribution in [-0.4, -0.2) is 41.3 Å². The van der Waals surface area contributed by atoms with Crippen LogP contribution >= 0.6 is 0 Å². The van der Waals surface area contributed by atoms with E-state index in [9.17, 15) is 23.5 Å². The van der Waals surface area contributed by atoms with Crippen molar-refractivity contribution in [2.75, 3.05) is 18.5 Å². The van der Waals surface area contributed by atoms with Crippen LogP contribution in [0, 0.1) is 18.6 Å². The van der Waals surface area contributed by atoms with Crippen LogP contribution < -0.4 is 16.4 Å². The lowest BCUT2D eigenvalue weighted by molar-refractivity contribution is 0.0844. The fraction of sp³-hybridized carbons (Fsp3) is 0.480. The smallest absolute Gasteiger partial charge is 0.319 e. The minimum Gasteiger partial charge on any atom is -0.391 e. The minimum atomic E-state index is -1.05. The van der Waals surface area contributed by atoms with E-state index in [1.807, 2.05) is 13.8 Å². The number of primary amides is 1. The number of anilines is 1. The average molecular weight is 489 g/mol. The number of rotatable bonds is 4. The highest BCUT2D eigenvalue weighted by Gasteiger charge is 2.40. The summed E-state index contributed by atoms with van der Waals surface area (Å²) in [5, 5.41) is 16.3. The van der Waals surface area contributed by atoms with Crippen LogP contribution in [0.15, 0.2) is 18.2 Å². The number of carbonyl (C=O) groups excluding carboxylic acids is 2. The zero-order valence-electron chi connectivity index (χ0n) is 20.0. The Hall–Kier alpha value is -3.11. The van der Waals surface area contributed by atoms with Gasteiger partial charge in [0.2, 0.25) is 0 Å². The summed E-state index contributed by atoms with van der Waals surface area (Å²) < 4.78 is 33.5. The summed E-state index contributed by atoms with van der Waals surface area (Å²) in [6.07, 6.45) is 0.565. The number of fused-ring (bicyclic) bond motifs is 1. The number of pyridine rings is 1. The number of hydrogen-bond acceptors (Lipinski definition) is 5. The Bertz CT molecular complexity index is 1160. The minimum absolute atomic E-state index is 0.0448. The predicted octanol–water partition coefficient (Wildman–Crippen LogP) is 3.57. The van der Waals surface area contributed by atoms with E-state index in [1.54, 1.807) is 13.0 Å².